The molecule has 1 aromatic heterocycles. The van der Waals surface area contributed by atoms with E-state index >= 15 is 0 Å². The van der Waals surface area contributed by atoms with Crippen LogP contribution >= 0.6 is 0 Å². The van der Waals surface area contributed by atoms with Crippen molar-refractivity contribution in [3.63, 3.8) is 0 Å². The predicted octanol–water partition coefficient (Wildman–Crippen LogP) is 1.05. The van der Waals surface area contributed by atoms with Crippen LogP contribution in [0.25, 0.3) is 0 Å². The van der Waals surface area contributed by atoms with E-state index in [1.165, 1.54) is 11.9 Å². The number of hydrogen-bond acceptors (Lipinski definition) is 5. The van der Waals surface area contributed by atoms with Crippen LogP contribution < -0.4 is 10.2 Å². The molecule has 0 radical (unpaired) electrons. The molecule has 1 unspecified atom stereocenters. The molecule has 0 bridgehead atoms. The molecule has 86 valence electrons. The Morgan fingerprint density at radius 2 is 2.13 bits per heavy atom. The van der Waals surface area contributed by atoms with Gasteiger partial charge in [-0.05, 0) is 14.0 Å². The molecule has 0 saturated heterocycles. The van der Waals surface area contributed by atoms with E-state index in [0.717, 1.165) is 0 Å². The van der Waals surface area contributed by atoms with Crippen molar-refractivity contribution < 1.29 is 13.2 Å². The van der Waals surface area contributed by atoms with Crippen LogP contribution in [-0.4, -0.2) is 37.3 Å². The summed E-state index contributed by atoms with van der Waals surface area (Å²) >= 11 is 0. The highest BCUT2D eigenvalue weighted by atomic mass is 19.3. The van der Waals surface area contributed by atoms with Crippen LogP contribution in [0.4, 0.5) is 14.8 Å². The van der Waals surface area contributed by atoms with Gasteiger partial charge in [0.25, 0.3) is 6.43 Å². The maximum atomic E-state index is 12.1. The third kappa shape index (κ3) is 3.12. The van der Waals surface area contributed by atoms with E-state index in [1.54, 1.807) is 7.05 Å². The van der Waals surface area contributed by atoms with Gasteiger partial charge in [0.15, 0.2) is 0 Å². The fourth-order valence-corrected chi connectivity index (χ4v) is 0.964. The number of alkyl halides is 2. The molecule has 0 saturated carbocycles. The van der Waals surface area contributed by atoms with E-state index in [2.05, 4.69) is 15.5 Å². The van der Waals surface area contributed by atoms with Gasteiger partial charge in [-0.2, -0.15) is 0 Å². The average molecular weight is 220 g/mol. The minimum atomic E-state index is -2.42. The third-order valence-electron chi connectivity index (χ3n) is 1.97. The standard InChI is InChI=1S/C8H14F2N4O/c1-5(11-2)7-12-13-8(15-7)14(3)4-6(9)10/h5-6,11H,4H2,1-3H3. The Kier molecular flexibility index (Phi) is 3.96. The summed E-state index contributed by atoms with van der Waals surface area (Å²) in [5.41, 5.74) is 0. The van der Waals surface area contributed by atoms with E-state index < -0.39 is 13.0 Å². The van der Waals surface area contributed by atoms with Crippen LogP contribution in [0.2, 0.25) is 0 Å². The van der Waals surface area contributed by atoms with Crippen molar-refractivity contribution in [3.05, 3.63) is 5.89 Å². The van der Waals surface area contributed by atoms with E-state index in [1.807, 2.05) is 6.92 Å². The molecule has 7 heteroatoms. The molecule has 0 amide bonds. The van der Waals surface area contributed by atoms with Crippen LogP contribution in [0.15, 0.2) is 4.42 Å². The highest BCUT2D eigenvalue weighted by molar-refractivity contribution is 5.22. The van der Waals surface area contributed by atoms with Crippen molar-refractivity contribution in [3.8, 4) is 0 Å². The van der Waals surface area contributed by atoms with E-state index in [4.69, 9.17) is 4.42 Å². The van der Waals surface area contributed by atoms with Gasteiger partial charge in [-0.3, -0.25) is 0 Å². The molecule has 1 rings (SSSR count). The number of rotatable bonds is 5. The van der Waals surface area contributed by atoms with Crippen molar-refractivity contribution in [2.75, 3.05) is 25.5 Å². The van der Waals surface area contributed by atoms with Gasteiger partial charge in [-0.1, -0.05) is 5.10 Å². The molecule has 0 aliphatic rings. The Morgan fingerprint density at radius 3 is 2.67 bits per heavy atom. The van der Waals surface area contributed by atoms with Gasteiger partial charge in [0.05, 0.1) is 12.6 Å². The molecule has 5 nitrogen and oxygen atoms in total. The summed E-state index contributed by atoms with van der Waals surface area (Å²) in [6.07, 6.45) is -2.42. The minimum absolute atomic E-state index is 0.0915. The number of nitrogens with zero attached hydrogens (tertiary/aromatic N) is 3. The zero-order valence-electron chi connectivity index (χ0n) is 8.87. The first-order valence-corrected chi connectivity index (χ1v) is 4.54. The molecule has 0 aliphatic carbocycles. The molecular weight excluding hydrogens is 206 g/mol. The van der Waals surface area contributed by atoms with Gasteiger partial charge >= 0.3 is 6.01 Å². The van der Waals surface area contributed by atoms with Crippen LogP contribution in [0, 0.1) is 0 Å². The first kappa shape index (κ1) is 11.8. The van der Waals surface area contributed by atoms with Crippen LogP contribution in [0.3, 0.4) is 0 Å². The largest absolute Gasteiger partial charge is 0.406 e. The summed E-state index contributed by atoms with van der Waals surface area (Å²) < 4.78 is 29.3. The topological polar surface area (TPSA) is 54.2 Å². The number of aromatic nitrogens is 2. The average Bonchev–Trinajstić information content (AvgIpc) is 2.64. The van der Waals surface area contributed by atoms with Crippen LogP contribution in [0.1, 0.15) is 18.9 Å². The highest BCUT2D eigenvalue weighted by Crippen LogP contribution is 2.16. The molecule has 1 atom stereocenters. The predicted molar refractivity (Wildman–Crippen MR) is 51.0 cm³/mol. The molecule has 0 aromatic carbocycles. The Morgan fingerprint density at radius 1 is 1.47 bits per heavy atom. The fourth-order valence-electron chi connectivity index (χ4n) is 0.964. The molecule has 0 fully saturated rings. The van der Waals surface area contributed by atoms with Crippen LogP contribution in [0.5, 0.6) is 0 Å². The zero-order chi connectivity index (χ0) is 11.4. The van der Waals surface area contributed by atoms with Crippen molar-refractivity contribution in [1.29, 1.82) is 0 Å². The van der Waals surface area contributed by atoms with Gasteiger partial charge in [0, 0.05) is 7.05 Å². The second-order valence-electron chi connectivity index (χ2n) is 3.20. The Balaban J connectivity index is 2.66. The lowest BCUT2D eigenvalue weighted by Crippen LogP contribution is -2.24. The minimum Gasteiger partial charge on any atom is -0.406 e. The summed E-state index contributed by atoms with van der Waals surface area (Å²) in [7, 11) is 3.23. The zero-order valence-corrected chi connectivity index (χ0v) is 8.87. The third-order valence-corrected chi connectivity index (χ3v) is 1.97. The molecule has 1 aromatic rings. The molecule has 0 aliphatic heterocycles. The lowest BCUT2D eigenvalue weighted by atomic mass is 10.3. The first-order valence-electron chi connectivity index (χ1n) is 4.54. The summed E-state index contributed by atoms with van der Waals surface area (Å²) in [4.78, 5) is 1.23. The van der Waals surface area contributed by atoms with E-state index in [-0.39, 0.29) is 12.1 Å². The summed E-state index contributed by atoms with van der Waals surface area (Å²) in [6, 6.07) is 0.0126. The van der Waals surface area contributed by atoms with Crippen molar-refractivity contribution in [1.82, 2.24) is 15.5 Å². The van der Waals surface area contributed by atoms with Gasteiger partial charge in [-0.15, -0.1) is 5.10 Å². The monoisotopic (exact) mass is 220 g/mol. The Labute approximate surface area is 86.5 Å². The summed E-state index contributed by atoms with van der Waals surface area (Å²) in [6.45, 7) is 1.42. The van der Waals surface area contributed by atoms with E-state index in [9.17, 15) is 8.78 Å². The van der Waals surface area contributed by atoms with Crippen molar-refractivity contribution in [2.45, 2.75) is 19.4 Å². The lowest BCUT2D eigenvalue weighted by Gasteiger charge is -2.12. The second-order valence-corrected chi connectivity index (χ2v) is 3.20. The highest BCUT2D eigenvalue weighted by Gasteiger charge is 2.16. The number of nitrogens with one attached hydrogen (secondary N) is 1. The molecule has 1 heterocycles. The van der Waals surface area contributed by atoms with Gasteiger partial charge in [0.2, 0.25) is 5.89 Å². The number of hydrogen-bond donors (Lipinski definition) is 1. The summed E-state index contributed by atoms with van der Waals surface area (Å²) in [5, 5.41) is 10.3. The number of halogens is 2. The maximum absolute atomic E-state index is 12.1. The SMILES string of the molecule is CNC(C)c1nnc(N(C)CC(F)F)o1. The molecule has 1 N–H and O–H groups in total. The second kappa shape index (κ2) is 5.01. The molecular formula is C8H14F2N4O. The number of anilines is 1. The lowest BCUT2D eigenvalue weighted by molar-refractivity contribution is 0.154. The van der Waals surface area contributed by atoms with Gasteiger partial charge in [0.1, 0.15) is 0 Å². The Hall–Kier alpha value is -1.24. The molecule has 15 heavy (non-hydrogen) atoms. The normalized spacial score (nSPS) is 13.2. The fraction of sp³-hybridized carbons (Fsp3) is 0.750. The van der Waals surface area contributed by atoms with Gasteiger partial charge in [-0.25, -0.2) is 8.78 Å². The van der Waals surface area contributed by atoms with Crippen molar-refractivity contribution >= 4 is 6.01 Å². The van der Waals surface area contributed by atoms with Crippen molar-refractivity contribution in [2.24, 2.45) is 0 Å². The molecule has 0 spiro atoms. The van der Waals surface area contributed by atoms with Crippen LogP contribution in [-0.2, 0) is 0 Å². The Bertz CT molecular complexity index is 305. The quantitative estimate of drug-likeness (QED) is 0.803. The van der Waals surface area contributed by atoms with E-state index in [0.29, 0.717) is 5.89 Å². The van der Waals surface area contributed by atoms with Gasteiger partial charge < -0.3 is 14.6 Å². The smallest absolute Gasteiger partial charge is 0.318 e. The maximum Gasteiger partial charge on any atom is 0.318 e. The summed E-state index contributed by atoms with van der Waals surface area (Å²) in [5.74, 6) is 0.383. The first-order chi connectivity index (χ1) is 7.04.